The lowest BCUT2D eigenvalue weighted by Crippen LogP contribution is -2.13. The average molecular weight is 291 g/mol. The Morgan fingerprint density at radius 3 is 1.94 bits per heavy atom. The van der Waals surface area contributed by atoms with E-state index in [4.69, 9.17) is 0 Å². The van der Waals surface area contributed by atoms with Gasteiger partial charge in [-0.3, -0.25) is 4.79 Å². The minimum absolute atomic E-state index is 0.186. The van der Waals surface area contributed by atoms with Crippen LogP contribution >= 0.6 is 45.1 Å². The van der Waals surface area contributed by atoms with Gasteiger partial charge in [-0.2, -0.15) is 0 Å². The van der Waals surface area contributed by atoms with E-state index >= 15 is 0 Å². The van der Waals surface area contributed by atoms with Crippen molar-refractivity contribution >= 4 is 50.9 Å². The van der Waals surface area contributed by atoms with Gasteiger partial charge in [-0.05, 0) is 0 Å². The van der Waals surface area contributed by atoms with E-state index < -0.39 is 7.26 Å². The second kappa shape index (κ2) is 6.95. The average Bonchev–Trinajstić information content (AvgIpc) is 2.37. The number of carbonyl (C=O) groups excluding carboxylic acids is 1. The molecule has 0 radical (unpaired) electrons. The predicted molar refractivity (Wildman–Crippen MR) is 84.1 cm³/mol. The first kappa shape index (κ1) is 14.4. The van der Waals surface area contributed by atoms with Gasteiger partial charge in [0.05, 0.1) is 7.26 Å². The Labute approximate surface area is 114 Å². The highest BCUT2D eigenvalue weighted by Gasteiger charge is 2.36. The van der Waals surface area contributed by atoms with Crippen molar-refractivity contribution in [3.8, 4) is 0 Å². The lowest BCUT2D eigenvalue weighted by atomic mass is 10.2. The molecular weight excluding hydrogens is 275 g/mol. The van der Waals surface area contributed by atoms with Gasteiger partial charge in [0.2, 0.25) is 0 Å². The molecule has 0 saturated heterocycles. The molecule has 0 fully saturated rings. The number of Topliss-reactive ketones (excluding diaryl/α,β-unsaturated/α-hetero) is 1. The van der Waals surface area contributed by atoms with Crippen LogP contribution in [-0.4, -0.2) is 28.4 Å². The molecule has 0 heterocycles. The van der Waals surface area contributed by atoms with E-state index in [9.17, 15) is 4.79 Å². The minimum Gasteiger partial charge on any atom is -0.290 e. The van der Waals surface area contributed by atoms with Crippen molar-refractivity contribution < 1.29 is 4.79 Å². The van der Waals surface area contributed by atoms with E-state index in [-0.39, 0.29) is 5.78 Å². The number of hydrogen-bond donors (Lipinski definition) is 3. The first-order chi connectivity index (χ1) is 7.67. The summed E-state index contributed by atoms with van der Waals surface area (Å²) in [5.41, 5.74) is 2.98. The molecule has 88 valence electrons. The summed E-state index contributed by atoms with van der Waals surface area (Å²) in [5, 5.41) is 0. The third-order valence-corrected chi connectivity index (χ3v) is 10.6. The molecule has 0 unspecified atom stereocenters. The normalized spacial score (nSPS) is 11.4. The zero-order valence-electron chi connectivity index (χ0n) is 8.91. The van der Waals surface area contributed by atoms with Gasteiger partial charge in [0.15, 0.2) is 5.78 Å². The fraction of sp³-hybridized carbons (Fsp3) is 0.364. The third-order valence-electron chi connectivity index (χ3n) is 2.47. The van der Waals surface area contributed by atoms with Crippen LogP contribution in [0, 0.1) is 0 Å². The van der Waals surface area contributed by atoms with Gasteiger partial charge in [0, 0.05) is 5.56 Å². The molecule has 0 aliphatic carbocycles. The number of ketones is 1. The molecule has 0 saturated carbocycles. The number of benzene rings is 1. The van der Waals surface area contributed by atoms with E-state index in [0.29, 0.717) is 6.16 Å². The highest BCUT2D eigenvalue weighted by molar-refractivity contribution is 8.07. The second-order valence-corrected chi connectivity index (χ2v) is 10.1. The zero-order chi connectivity index (χ0) is 12.0. The highest BCUT2D eigenvalue weighted by Crippen LogP contribution is 2.60. The van der Waals surface area contributed by atoms with Crippen molar-refractivity contribution in [1.29, 1.82) is 0 Å². The van der Waals surface area contributed by atoms with Gasteiger partial charge < -0.3 is 0 Å². The number of hydrogen-bond acceptors (Lipinski definition) is 4. The summed E-state index contributed by atoms with van der Waals surface area (Å²) in [4.78, 5) is 12.1. The van der Waals surface area contributed by atoms with Crippen LogP contribution in [0.5, 0.6) is 0 Å². The Hall–Kier alpha value is 0.370. The first-order valence-electron chi connectivity index (χ1n) is 4.93. The number of thiol groups is 3. The molecule has 0 aliphatic rings. The van der Waals surface area contributed by atoms with Crippen LogP contribution in [0.2, 0.25) is 0 Å². The maximum Gasteiger partial charge on any atom is 0.199 e. The maximum absolute atomic E-state index is 12.1. The zero-order valence-corrected chi connectivity index (χ0v) is 12.5. The molecule has 1 nitrogen and oxygen atoms in total. The second-order valence-electron chi connectivity index (χ2n) is 3.71. The smallest absolute Gasteiger partial charge is 0.199 e. The van der Waals surface area contributed by atoms with Crippen molar-refractivity contribution in [1.82, 2.24) is 0 Å². The molecule has 0 bridgehead atoms. The molecule has 16 heavy (non-hydrogen) atoms. The highest BCUT2D eigenvalue weighted by atomic mass is 32.1. The third kappa shape index (κ3) is 3.69. The molecular formula is C11H16OPS3+. The van der Waals surface area contributed by atoms with E-state index in [2.05, 4.69) is 37.9 Å². The summed E-state index contributed by atoms with van der Waals surface area (Å²) in [6.07, 6.45) is 0.563. The van der Waals surface area contributed by atoms with Crippen molar-refractivity contribution in [2.75, 3.05) is 22.6 Å². The predicted octanol–water partition coefficient (Wildman–Crippen LogP) is 3.55. The molecule has 0 atom stereocenters. The number of carbonyl (C=O) groups is 1. The van der Waals surface area contributed by atoms with Crippen LogP contribution < -0.4 is 0 Å². The van der Waals surface area contributed by atoms with Gasteiger partial charge in [-0.1, -0.05) is 30.3 Å². The monoisotopic (exact) mass is 291 g/mol. The SMILES string of the molecule is O=C(C[P+](CS)(CS)CS)c1ccccc1. The van der Waals surface area contributed by atoms with E-state index in [1.807, 2.05) is 30.3 Å². The van der Waals surface area contributed by atoms with E-state index in [0.717, 1.165) is 22.0 Å². The molecule has 1 aromatic carbocycles. The van der Waals surface area contributed by atoms with Crippen molar-refractivity contribution in [2.24, 2.45) is 0 Å². The van der Waals surface area contributed by atoms with Gasteiger partial charge >= 0.3 is 0 Å². The molecule has 1 aromatic rings. The van der Waals surface area contributed by atoms with E-state index in [1.54, 1.807) is 0 Å². The fourth-order valence-corrected chi connectivity index (χ4v) is 6.78. The fourth-order valence-electron chi connectivity index (χ4n) is 1.30. The molecule has 0 spiro atoms. The topological polar surface area (TPSA) is 17.1 Å². The van der Waals surface area contributed by atoms with Crippen LogP contribution in [0.25, 0.3) is 0 Å². The lowest BCUT2D eigenvalue weighted by molar-refractivity contribution is 0.102. The van der Waals surface area contributed by atoms with Gasteiger partial charge in [0.25, 0.3) is 0 Å². The number of rotatable bonds is 6. The minimum atomic E-state index is -1.42. The lowest BCUT2D eigenvalue weighted by Gasteiger charge is -2.20. The summed E-state index contributed by atoms with van der Waals surface area (Å²) in [5.74, 6) is 0.186. The first-order valence-corrected chi connectivity index (χ1v) is 9.36. The molecule has 0 aromatic heterocycles. The van der Waals surface area contributed by atoms with Crippen molar-refractivity contribution in [3.63, 3.8) is 0 Å². The summed E-state index contributed by atoms with van der Waals surface area (Å²) in [6.45, 7) is 0. The Bertz CT molecular complexity index is 330. The Kier molecular flexibility index (Phi) is 6.27. The Morgan fingerprint density at radius 2 is 1.50 bits per heavy atom. The maximum atomic E-state index is 12.1. The summed E-state index contributed by atoms with van der Waals surface area (Å²) < 4.78 is 0. The Balaban J connectivity index is 2.77. The quantitative estimate of drug-likeness (QED) is 0.415. The largest absolute Gasteiger partial charge is 0.290 e. The van der Waals surface area contributed by atoms with Gasteiger partial charge in [0.1, 0.15) is 22.6 Å². The summed E-state index contributed by atoms with van der Waals surface area (Å²) >= 11 is 13.0. The molecule has 0 N–H and O–H groups in total. The standard InChI is InChI=1S/C11H15OPS3/c12-11(10-4-2-1-3-5-10)6-13(7-14,8-15)9-16/h1-5H,6-9H2,(H2-,14,15,16)/p+1. The summed E-state index contributed by atoms with van der Waals surface area (Å²) in [6, 6.07) is 9.39. The van der Waals surface area contributed by atoms with Crippen LogP contribution in [-0.2, 0) is 0 Å². The summed E-state index contributed by atoms with van der Waals surface area (Å²) in [7, 11) is -1.42. The van der Waals surface area contributed by atoms with Gasteiger partial charge in [-0.25, -0.2) is 0 Å². The molecule has 1 rings (SSSR count). The van der Waals surface area contributed by atoms with Crippen LogP contribution in [0.1, 0.15) is 10.4 Å². The van der Waals surface area contributed by atoms with Gasteiger partial charge in [-0.15, -0.1) is 37.9 Å². The molecule has 5 heteroatoms. The Morgan fingerprint density at radius 1 is 1.00 bits per heavy atom. The van der Waals surface area contributed by atoms with Crippen molar-refractivity contribution in [3.05, 3.63) is 35.9 Å². The van der Waals surface area contributed by atoms with Crippen LogP contribution in [0.3, 0.4) is 0 Å². The van der Waals surface area contributed by atoms with Crippen LogP contribution in [0.15, 0.2) is 30.3 Å². The van der Waals surface area contributed by atoms with Crippen molar-refractivity contribution in [2.45, 2.75) is 0 Å². The van der Waals surface area contributed by atoms with Crippen LogP contribution in [0.4, 0.5) is 0 Å². The molecule has 0 aliphatic heterocycles. The van der Waals surface area contributed by atoms with E-state index in [1.165, 1.54) is 0 Å². The molecule has 0 amide bonds.